The van der Waals surface area contributed by atoms with Crippen LogP contribution in [0, 0.1) is 0 Å². The molecule has 1 aromatic heterocycles. The van der Waals surface area contributed by atoms with Crippen LogP contribution >= 0.6 is 0 Å². The second-order valence-electron chi connectivity index (χ2n) is 3.19. The SMILES string of the molecule is O=c1cc(NC2COCC2O)cn[nH]1. The van der Waals surface area contributed by atoms with Crippen molar-refractivity contribution in [3.63, 3.8) is 0 Å². The summed E-state index contributed by atoms with van der Waals surface area (Å²) in [5.41, 5.74) is 0.312. The number of nitrogens with zero attached hydrogens (tertiary/aromatic N) is 1. The Balaban J connectivity index is 2.07. The summed E-state index contributed by atoms with van der Waals surface area (Å²) in [5, 5.41) is 18.3. The van der Waals surface area contributed by atoms with Gasteiger partial charge in [0.1, 0.15) is 0 Å². The molecule has 0 spiro atoms. The first-order chi connectivity index (χ1) is 6.75. The molecule has 2 atom stereocenters. The maximum atomic E-state index is 10.9. The minimum atomic E-state index is -0.533. The molecular formula is C8H11N3O3. The van der Waals surface area contributed by atoms with Crippen LogP contribution in [0.25, 0.3) is 0 Å². The Morgan fingerprint density at radius 1 is 1.64 bits per heavy atom. The van der Waals surface area contributed by atoms with Crippen molar-refractivity contribution in [3.8, 4) is 0 Å². The Kier molecular flexibility index (Phi) is 2.47. The highest BCUT2D eigenvalue weighted by Crippen LogP contribution is 2.11. The molecule has 1 aromatic rings. The van der Waals surface area contributed by atoms with Gasteiger partial charge in [-0.3, -0.25) is 4.79 Å². The molecule has 0 amide bonds. The van der Waals surface area contributed by atoms with E-state index in [0.717, 1.165) is 0 Å². The number of rotatable bonds is 2. The first-order valence-electron chi connectivity index (χ1n) is 4.33. The van der Waals surface area contributed by atoms with Crippen molar-refractivity contribution >= 4 is 5.69 Å². The third-order valence-electron chi connectivity index (χ3n) is 2.07. The van der Waals surface area contributed by atoms with Crippen LogP contribution in [0.3, 0.4) is 0 Å². The van der Waals surface area contributed by atoms with E-state index >= 15 is 0 Å². The Morgan fingerprint density at radius 2 is 2.50 bits per heavy atom. The zero-order valence-electron chi connectivity index (χ0n) is 7.43. The van der Waals surface area contributed by atoms with Gasteiger partial charge in [-0.05, 0) is 0 Å². The van der Waals surface area contributed by atoms with Crippen LogP contribution in [-0.4, -0.2) is 40.7 Å². The van der Waals surface area contributed by atoms with Gasteiger partial charge < -0.3 is 15.2 Å². The van der Waals surface area contributed by atoms with Crippen molar-refractivity contribution in [1.82, 2.24) is 10.2 Å². The third kappa shape index (κ3) is 1.91. The van der Waals surface area contributed by atoms with E-state index < -0.39 is 6.10 Å². The average molecular weight is 197 g/mol. The van der Waals surface area contributed by atoms with Gasteiger partial charge in [0, 0.05) is 6.07 Å². The molecule has 0 aromatic carbocycles. The van der Waals surface area contributed by atoms with E-state index in [2.05, 4.69) is 15.5 Å². The smallest absolute Gasteiger partial charge is 0.266 e. The summed E-state index contributed by atoms with van der Waals surface area (Å²) < 4.78 is 5.05. The maximum absolute atomic E-state index is 10.9. The minimum absolute atomic E-state index is 0.168. The highest BCUT2D eigenvalue weighted by atomic mass is 16.5. The van der Waals surface area contributed by atoms with Crippen molar-refractivity contribution in [1.29, 1.82) is 0 Å². The number of aromatic nitrogens is 2. The van der Waals surface area contributed by atoms with Crippen LogP contribution in [-0.2, 0) is 4.74 Å². The normalized spacial score (nSPS) is 26.4. The number of hydrogen-bond donors (Lipinski definition) is 3. The Hall–Kier alpha value is -1.40. The van der Waals surface area contributed by atoms with E-state index in [9.17, 15) is 9.90 Å². The lowest BCUT2D eigenvalue weighted by Crippen LogP contribution is -2.32. The van der Waals surface area contributed by atoms with Gasteiger partial charge in [-0.1, -0.05) is 0 Å². The standard InChI is InChI=1S/C8H11N3O3/c12-7-4-14-3-6(7)10-5-1-8(13)11-9-2-5/h1-2,6-7,12H,3-4H2,(H2,10,11,13). The lowest BCUT2D eigenvalue weighted by molar-refractivity contribution is 0.125. The van der Waals surface area contributed by atoms with Gasteiger partial charge in [-0.15, -0.1) is 0 Å². The van der Waals surface area contributed by atoms with E-state index in [0.29, 0.717) is 18.9 Å². The highest BCUT2D eigenvalue weighted by molar-refractivity contribution is 5.40. The quantitative estimate of drug-likeness (QED) is 0.562. The first kappa shape index (κ1) is 9.17. The molecule has 2 rings (SSSR count). The second kappa shape index (κ2) is 3.77. The molecule has 2 heterocycles. The number of nitrogens with one attached hydrogen (secondary N) is 2. The van der Waals surface area contributed by atoms with E-state index in [-0.39, 0.29) is 11.6 Å². The van der Waals surface area contributed by atoms with Crippen LogP contribution in [0.2, 0.25) is 0 Å². The monoisotopic (exact) mass is 197 g/mol. The number of aliphatic hydroxyl groups is 1. The molecule has 1 fully saturated rings. The number of aromatic amines is 1. The van der Waals surface area contributed by atoms with Crippen LogP contribution in [0.5, 0.6) is 0 Å². The van der Waals surface area contributed by atoms with E-state index in [1.54, 1.807) is 0 Å². The summed E-state index contributed by atoms with van der Waals surface area (Å²) in [6.07, 6.45) is 0.959. The third-order valence-corrected chi connectivity index (χ3v) is 2.07. The number of aliphatic hydroxyl groups excluding tert-OH is 1. The van der Waals surface area contributed by atoms with E-state index in [1.165, 1.54) is 12.3 Å². The first-order valence-corrected chi connectivity index (χ1v) is 4.33. The molecule has 1 aliphatic heterocycles. The van der Waals surface area contributed by atoms with Gasteiger partial charge in [0.25, 0.3) is 5.56 Å². The summed E-state index contributed by atoms with van der Waals surface area (Å²) in [5.74, 6) is 0. The zero-order valence-corrected chi connectivity index (χ0v) is 7.43. The molecule has 14 heavy (non-hydrogen) atoms. The molecule has 76 valence electrons. The van der Waals surface area contributed by atoms with Gasteiger partial charge in [0.05, 0.1) is 37.2 Å². The molecule has 3 N–H and O–H groups in total. The van der Waals surface area contributed by atoms with Crippen LogP contribution in [0.15, 0.2) is 17.1 Å². The van der Waals surface area contributed by atoms with Crippen LogP contribution < -0.4 is 10.9 Å². The second-order valence-corrected chi connectivity index (χ2v) is 3.19. The molecule has 0 aliphatic carbocycles. The van der Waals surface area contributed by atoms with Crippen LogP contribution in [0.4, 0.5) is 5.69 Å². The van der Waals surface area contributed by atoms with Crippen molar-refractivity contribution in [2.24, 2.45) is 0 Å². The molecule has 0 radical (unpaired) electrons. The Labute approximate surface area is 79.9 Å². The van der Waals surface area contributed by atoms with Gasteiger partial charge >= 0.3 is 0 Å². The predicted molar refractivity (Wildman–Crippen MR) is 49.1 cm³/mol. The van der Waals surface area contributed by atoms with E-state index in [1.807, 2.05) is 0 Å². The van der Waals surface area contributed by atoms with Gasteiger partial charge in [0.2, 0.25) is 0 Å². The molecule has 6 heteroatoms. The largest absolute Gasteiger partial charge is 0.388 e. The highest BCUT2D eigenvalue weighted by Gasteiger charge is 2.25. The predicted octanol–water partition coefficient (Wildman–Crippen LogP) is -1.06. The van der Waals surface area contributed by atoms with Crippen LogP contribution in [0.1, 0.15) is 0 Å². The molecule has 0 saturated carbocycles. The fourth-order valence-electron chi connectivity index (χ4n) is 1.35. The molecule has 0 bridgehead atoms. The molecule has 1 aliphatic rings. The lowest BCUT2D eigenvalue weighted by atomic mass is 10.2. The Bertz CT molecular complexity index is 365. The minimum Gasteiger partial charge on any atom is -0.388 e. The molecular weight excluding hydrogens is 186 g/mol. The average Bonchev–Trinajstić information content (AvgIpc) is 2.52. The fourth-order valence-corrected chi connectivity index (χ4v) is 1.35. The summed E-state index contributed by atoms with van der Waals surface area (Å²) in [6, 6.07) is 1.22. The summed E-state index contributed by atoms with van der Waals surface area (Å²) >= 11 is 0. The number of ether oxygens (including phenoxy) is 1. The fraction of sp³-hybridized carbons (Fsp3) is 0.500. The topological polar surface area (TPSA) is 87.2 Å². The number of hydrogen-bond acceptors (Lipinski definition) is 5. The summed E-state index contributed by atoms with van der Waals surface area (Å²) in [6.45, 7) is 0.766. The molecule has 2 unspecified atom stereocenters. The van der Waals surface area contributed by atoms with Crippen molar-refractivity contribution in [2.45, 2.75) is 12.1 Å². The molecule has 6 nitrogen and oxygen atoms in total. The lowest BCUT2D eigenvalue weighted by Gasteiger charge is -2.14. The molecule has 1 saturated heterocycles. The summed E-state index contributed by atoms with van der Waals surface area (Å²) in [4.78, 5) is 10.9. The van der Waals surface area contributed by atoms with E-state index in [4.69, 9.17) is 4.74 Å². The number of anilines is 1. The van der Waals surface area contributed by atoms with Crippen molar-refractivity contribution in [3.05, 3.63) is 22.6 Å². The van der Waals surface area contributed by atoms with Gasteiger partial charge in [-0.25, -0.2) is 5.10 Å². The van der Waals surface area contributed by atoms with Crippen molar-refractivity contribution < 1.29 is 9.84 Å². The van der Waals surface area contributed by atoms with Crippen molar-refractivity contribution in [2.75, 3.05) is 18.5 Å². The summed E-state index contributed by atoms with van der Waals surface area (Å²) in [7, 11) is 0. The number of H-pyrrole nitrogens is 1. The van der Waals surface area contributed by atoms with Gasteiger partial charge in [0.15, 0.2) is 0 Å². The van der Waals surface area contributed by atoms with Gasteiger partial charge in [-0.2, -0.15) is 5.10 Å². The zero-order chi connectivity index (χ0) is 9.97. The Morgan fingerprint density at radius 3 is 3.14 bits per heavy atom. The maximum Gasteiger partial charge on any atom is 0.266 e.